The molecule has 4 rings (SSSR count). The quantitative estimate of drug-likeness (QED) is 0.276. The van der Waals surface area contributed by atoms with Gasteiger partial charge < -0.3 is 19.7 Å². The van der Waals surface area contributed by atoms with Crippen molar-refractivity contribution in [3.05, 3.63) is 69.1 Å². The summed E-state index contributed by atoms with van der Waals surface area (Å²) >= 11 is 0. The van der Waals surface area contributed by atoms with Gasteiger partial charge in [0.25, 0.3) is 5.91 Å². The van der Waals surface area contributed by atoms with Gasteiger partial charge in [-0.2, -0.15) is 10.3 Å². The molecule has 1 aromatic carbocycles. The summed E-state index contributed by atoms with van der Waals surface area (Å²) in [5.41, 5.74) is 8.43. The molecule has 0 bridgehead atoms. The van der Waals surface area contributed by atoms with Gasteiger partial charge in [0.2, 0.25) is 5.96 Å². The molecule has 0 unspecified atom stereocenters. The molecule has 1 N–H and O–H groups in total. The molecule has 8 heteroatoms. The lowest BCUT2D eigenvalue weighted by Gasteiger charge is -2.31. The highest BCUT2D eigenvalue weighted by Gasteiger charge is 2.27. The second-order valence-electron chi connectivity index (χ2n) is 13.3. The number of aryl methyl sites for hydroxylation is 2. The molecule has 1 fully saturated rings. The first kappa shape index (κ1) is 37.8. The fraction of sp³-hybridized carbons (Fsp3) is 0.590. The number of likely N-dealkylation sites (tertiary alicyclic amines) is 1. The van der Waals surface area contributed by atoms with Gasteiger partial charge in [0.15, 0.2) is 5.90 Å². The Bertz CT molecular complexity index is 1450. The normalized spacial score (nSPS) is 16.7. The number of amides is 1. The van der Waals surface area contributed by atoms with Crippen LogP contribution < -0.4 is 5.32 Å². The first-order valence-electron chi connectivity index (χ1n) is 17.5. The van der Waals surface area contributed by atoms with E-state index in [1.54, 1.807) is 7.11 Å². The molecule has 1 aromatic rings. The van der Waals surface area contributed by atoms with Gasteiger partial charge in [-0.15, -0.1) is 0 Å². The highest BCUT2D eigenvalue weighted by Crippen LogP contribution is 2.33. The third kappa shape index (κ3) is 10.7. The second-order valence-corrected chi connectivity index (χ2v) is 13.3. The van der Waals surface area contributed by atoms with Crippen molar-refractivity contribution < 1.29 is 14.3 Å². The molecule has 0 radical (unpaired) electrons. The summed E-state index contributed by atoms with van der Waals surface area (Å²) in [6.07, 6.45) is 13.0. The summed E-state index contributed by atoms with van der Waals surface area (Å²) in [7, 11) is 1.63. The van der Waals surface area contributed by atoms with Crippen molar-refractivity contribution in [2.24, 2.45) is 9.98 Å². The number of aliphatic imine (C=N–C) groups is 2. The standard InChI is InChI=1S/C35H50N4O3.C4H7N/c1-9-26-21-28(24(5)18-29(26)35(6,7)42-23(3)4)20-25-14-15-27(19-25)33(40)36-31-22-32(41-8)38-34(37-30(31)10-2)39-16-12-11-13-17-39;1-2-3-4-5/h14-15,18,21,23H,9-13,16-17,19-20,22H2,1-8H3,(H,36,40);2-3H2,1H3. The average molecular weight is 644 g/mol. The van der Waals surface area contributed by atoms with Crippen molar-refractivity contribution in [3.8, 4) is 6.07 Å². The fourth-order valence-corrected chi connectivity index (χ4v) is 6.31. The third-order valence-corrected chi connectivity index (χ3v) is 8.74. The number of guanidine groups is 1. The Balaban J connectivity index is 0.00000111. The van der Waals surface area contributed by atoms with Gasteiger partial charge in [0.1, 0.15) is 0 Å². The Morgan fingerprint density at radius 1 is 1.04 bits per heavy atom. The number of nitriles is 1. The minimum atomic E-state index is -0.349. The Kier molecular flexibility index (Phi) is 14.5. The minimum Gasteiger partial charge on any atom is -0.484 e. The first-order valence-corrected chi connectivity index (χ1v) is 17.5. The lowest BCUT2D eigenvalue weighted by Crippen LogP contribution is -2.35. The molecule has 0 aromatic heterocycles. The van der Waals surface area contributed by atoms with E-state index in [0.29, 0.717) is 37.5 Å². The fourth-order valence-electron chi connectivity index (χ4n) is 6.31. The van der Waals surface area contributed by atoms with E-state index >= 15 is 0 Å². The maximum Gasteiger partial charge on any atom is 0.251 e. The van der Waals surface area contributed by atoms with Crippen LogP contribution in [0.3, 0.4) is 0 Å². The smallest absolute Gasteiger partial charge is 0.251 e. The van der Waals surface area contributed by atoms with Crippen LogP contribution in [-0.2, 0) is 32.7 Å². The SMILES string of the molecule is CCC1=C(NC(=O)C2=CC=C(Cc3cc(CC)c(C(C)(C)OC(C)C)cc3C)C2)CC(OC)=NC(N2CCCCC2)=N1.CCCC#N. The average Bonchev–Trinajstić information content (AvgIpc) is 3.44. The van der Waals surface area contributed by atoms with Gasteiger partial charge in [0.05, 0.1) is 37.0 Å². The molecule has 8 nitrogen and oxygen atoms in total. The molecule has 256 valence electrons. The first-order chi connectivity index (χ1) is 22.5. The Labute approximate surface area is 283 Å². The number of allylic oxidation sites excluding steroid dienone is 4. The van der Waals surface area contributed by atoms with E-state index in [1.165, 1.54) is 34.2 Å². The van der Waals surface area contributed by atoms with Gasteiger partial charge in [-0.3, -0.25) is 4.79 Å². The number of methoxy groups -OCH3 is 1. The zero-order chi connectivity index (χ0) is 34.6. The maximum atomic E-state index is 13.5. The highest BCUT2D eigenvalue weighted by molar-refractivity contribution is 5.99. The number of piperidine rings is 1. The summed E-state index contributed by atoms with van der Waals surface area (Å²) < 4.78 is 11.9. The van der Waals surface area contributed by atoms with Crippen LogP contribution in [0, 0.1) is 18.3 Å². The Morgan fingerprint density at radius 2 is 1.77 bits per heavy atom. The van der Waals surface area contributed by atoms with Gasteiger partial charge in [0, 0.05) is 30.8 Å². The Hall–Kier alpha value is -3.70. The predicted molar refractivity (Wildman–Crippen MR) is 192 cm³/mol. The van der Waals surface area contributed by atoms with E-state index in [1.807, 2.05) is 19.1 Å². The van der Waals surface area contributed by atoms with E-state index in [9.17, 15) is 4.79 Å². The Morgan fingerprint density at radius 3 is 2.34 bits per heavy atom. The van der Waals surface area contributed by atoms with Crippen molar-refractivity contribution in [3.63, 3.8) is 0 Å². The summed E-state index contributed by atoms with van der Waals surface area (Å²) in [5.74, 6) is 1.19. The van der Waals surface area contributed by atoms with Crippen LogP contribution in [-0.4, -0.2) is 49.0 Å². The van der Waals surface area contributed by atoms with Gasteiger partial charge in [-0.1, -0.05) is 50.6 Å². The number of unbranched alkanes of at least 4 members (excludes halogenated alkanes) is 1. The van der Waals surface area contributed by atoms with Crippen molar-refractivity contribution in [2.75, 3.05) is 20.2 Å². The topological polar surface area (TPSA) is 99.3 Å². The number of nitrogens with one attached hydrogen (secondary N) is 1. The zero-order valence-electron chi connectivity index (χ0n) is 30.4. The monoisotopic (exact) mass is 643 g/mol. The summed E-state index contributed by atoms with van der Waals surface area (Å²) in [6, 6.07) is 6.65. The number of carbonyl (C=O) groups excluding carboxylic acids is 1. The molecule has 2 heterocycles. The largest absolute Gasteiger partial charge is 0.484 e. The van der Waals surface area contributed by atoms with Crippen LogP contribution in [0.5, 0.6) is 0 Å². The molecular weight excluding hydrogens is 586 g/mol. The molecule has 0 atom stereocenters. The predicted octanol–water partition coefficient (Wildman–Crippen LogP) is 8.35. The highest BCUT2D eigenvalue weighted by atomic mass is 16.5. The summed E-state index contributed by atoms with van der Waals surface area (Å²) in [4.78, 5) is 25.3. The number of hydrogen-bond acceptors (Lipinski definition) is 7. The van der Waals surface area contributed by atoms with Crippen LogP contribution in [0.25, 0.3) is 0 Å². The number of hydrogen-bond donors (Lipinski definition) is 1. The van der Waals surface area contributed by atoms with E-state index in [0.717, 1.165) is 62.2 Å². The minimum absolute atomic E-state index is 0.0804. The van der Waals surface area contributed by atoms with Crippen LogP contribution in [0.1, 0.15) is 122 Å². The van der Waals surface area contributed by atoms with Crippen LogP contribution >= 0.6 is 0 Å². The van der Waals surface area contributed by atoms with Gasteiger partial charge in [-0.05, 0) is 108 Å². The second kappa shape index (κ2) is 18.0. The number of carbonyl (C=O) groups is 1. The van der Waals surface area contributed by atoms with E-state index in [4.69, 9.17) is 24.7 Å². The molecule has 0 saturated carbocycles. The van der Waals surface area contributed by atoms with Crippen molar-refractivity contribution in [2.45, 2.75) is 131 Å². The third-order valence-electron chi connectivity index (χ3n) is 8.74. The van der Waals surface area contributed by atoms with Crippen molar-refractivity contribution >= 4 is 17.8 Å². The zero-order valence-corrected chi connectivity index (χ0v) is 30.4. The van der Waals surface area contributed by atoms with Crippen LogP contribution in [0.15, 0.2) is 56.8 Å². The van der Waals surface area contributed by atoms with Gasteiger partial charge >= 0.3 is 0 Å². The van der Waals surface area contributed by atoms with Crippen molar-refractivity contribution in [1.82, 2.24) is 10.2 Å². The van der Waals surface area contributed by atoms with E-state index in [-0.39, 0.29) is 17.6 Å². The number of nitrogens with zero attached hydrogens (tertiary/aromatic N) is 4. The number of benzene rings is 1. The van der Waals surface area contributed by atoms with Crippen LogP contribution in [0.4, 0.5) is 0 Å². The molecule has 0 spiro atoms. The molecule has 1 aliphatic carbocycles. The molecular formula is C39H57N5O3. The molecule has 3 aliphatic rings. The maximum absolute atomic E-state index is 13.5. The summed E-state index contributed by atoms with van der Waals surface area (Å²) in [5, 5.41) is 11.0. The lowest BCUT2D eigenvalue weighted by atomic mass is 9.86. The van der Waals surface area contributed by atoms with Crippen LogP contribution in [0.2, 0.25) is 0 Å². The van der Waals surface area contributed by atoms with Crippen molar-refractivity contribution in [1.29, 1.82) is 5.26 Å². The number of rotatable bonds is 10. The molecule has 1 amide bonds. The van der Waals surface area contributed by atoms with E-state index < -0.39 is 0 Å². The number of ether oxygens (including phenoxy) is 2. The molecule has 47 heavy (non-hydrogen) atoms. The lowest BCUT2D eigenvalue weighted by molar-refractivity contribution is -0.116. The summed E-state index contributed by atoms with van der Waals surface area (Å²) in [6.45, 7) is 18.8. The molecule has 1 saturated heterocycles. The molecule has 2 aliphatic heterocycles. The van der Waals surface area contributed by atoms with E-state index in [2.05, 4.69) is 76.9 Å². The van der Waals surface area contributed by atoms with Gasteiger partial charge in [-0.25, -0.2) is 4.99 Å².